The van der Waals surface area contributed by atoms with Crippen molar-refractivity contribution in [3.63, 3.8) is 0 Å². The van der Waals surface area contributed by atoms with E-state index in [0.29, 0.717) is 11.1 Å². The number of rotatable bonds is 1. The smallest absolute Gasteiger partial charge is 0.206 e. The molecular weight excluding hydrogens is 372 g/mol. The van der Waals surface area contributed by atoms with E-state index in [1.807, 2.05) is 0 Å². The number of aryl methyl sites for hydroxylation is 2. The molecule has 0 aromatic heterocycles. The first-order chi connectivity index (χ1) is 14.7. The first kappa shape index (κ1) is 16.9. The van der Waals surface area contributed by atoms with Gasteiger partial charge in [-0.15, -0.1) is 0 Å². The van der Waals surface area contributed by atoms with Crippen molar-refractivity contribution >= 4 is 22.6 Å². The van der Waals surface area contributed by atoms with Crippen LogP contribution in [-0.2, 0) is 30.5 Å². The fraction of sp³-hybridized carbons (Fsp3) is 0.385. The third-order valence-corrected chi connectivity index (χ3v) is 7.72. The molecule has 4 heteroatoms. The predicted molar refractivity (Wildman–Crippen MR) is 117 cm³/mol. The van der Waals surface area contributed by atoms with Gasteiger partial charge < -0.3 is 10.0 Å². The van der Waals surface area contributed by atoms with Gasteiger partial charge in [-0.3, -0.25) is 4.79 Å². The number of hydrogen-bond acceptors (Lipinski definition) is 3. The Morgan fingerprint density at radius 3 is 2.40 bits per heavy atom. The first-order valence-electron chi connectivity index (χ1n) is 11.4. The molecule has 1 aliphatic carbocycles. The van der Waals surface area contributed by atoms with Crippen LogP contribution in [0.3, 0.4) is 0 Å². The summed E-state index contributed by atoms with van der Waals surface area (Å²) in [7, 11) is 0. The van der Waals surface area contributed by atoms with E-state index in [-0.39, 0.29) is 11.5 Å². The molecule has 4 heterocycles. The van der Waals surface area contributed by atoms with Crippen LogP contribution in [0.25, 0.3) is 11.1 Å². The summed E-state index contributed by atoms with van der Waals surface area (Å²) in [6, 6.07) is 8.60. The standard InChI is InChI=1S/C26H24N2O2/c29-25-21(19-11-15-3-1-7-27-9-5-17(13-19)23(15)27)26(30)22(25)20-12-16-4-2-8-28-10-6-18(14-20)24(16)28/h11-14H,1-10H2/p+1. The Hall–Kier alpha value is -2.88. The highest BCUT2D eigenvalue weighted by Crippen LogP contribution is 2.42. The van der Waals surface area contributed by atoms with Gasteiger partial charge in [0.2, 0.25) is 11.1 Å². The Morgan fingerprint density at radius 2 is 1.57 bits per heavy atom. The minimum absolute atomic E-state index is 0.00289. The fourth-order valence-electron chi connectivity index (χ4n) is 6.42. The van der Waals surface area contributed by atoms with Crippen molar-refractivity contribution in [2.24, 2.45) is 0 Å². The summed E-state index contributed by atoms with van der Waals surface area (Å²) in [6.07, 6.45) is 6.55. The summed E-state index contributed by atoms with van der Waals surface area (Å²) in [5.74, 6) is 0.193. The zero-order valence-corrected chi connectivity index (χ0v) is 17.1. The number of ketones is 1. The maximum Gasteiger partial charge on any atom is 0.206 e. The van der Waals surface area contributed by atoms with Crippen molar-refractivity contribution in [3.05, 3.63) is 68.4 Å². The van der Waals surface area contributed by atoms with Crippen LogP contribution >= 0.6 is 0 Å². The maximum absolute atomic E-state index is 13.3. The number of hydrogen-bond donors (Lipinski definition) is 1. The second-order valence-electron chi connectivity index (χ2n) is 9.40. The molecular formula is C26H25N2O2+. The van der Waals surface area contributed by atoms with Gasteiger partial charge in [0, 0.05) is 42.7 Å². The normalized spacial score (nSPS) is 23.0. The Morgan fingerprint density at radius 1 is 0.800 bits per heavy atom. The summed E-state index contributed by atoms with van der Waals surface area (Å²) < 4.78 is 2.48. The number of Topliss-reactive ketones (excluding diaryl/α,β-unsaturated/α-hetero) is 1. The van der Waals surface area contributed by atoms with Crippen LogP contribution in [0.5, 0.6) is 0 Å². The number of carbonyl (C=O) groups excluding carboxylic acids is 1. The van der Waals surface area contributed by atoms with Gasteiger partial charge >= 0.3 is 0 Å². The molecule has 5 aliphatic rings. The largest absolute Gasteiger partial charge is 0.506 e. The average molecular weight is 397 g/mol. The number of aliphatic hydroxyl groups excluding tert-OH is 1. The summed E-state index contributed by atoms with van der Waals surface area (Å²) in [4.78, 5) is 15.7. The predicted octanol–water partition coefficient (Wildman–Crippen LogP) is 1.69. The number of carbonyl (C=O) groups is 1. The van der Waals surface area contributed by atoms with Gasteiger partial charge in [0.05, 0.1) is 11.1 Å². The second kappa shape index (κ2) is 5.84. The molecule has 0 bridgehead atoms. The van der Waals surface area contributed by atoms with Crippen LogP contribution in [0.1, 0.15) is 40.7 Å². The summed E-state index contributed by atoms with van der Waals surface area (Å²) in [6.45, 7) is 4.44. The van der Waals surface area contributed by atoms with Crippen molar-refractivity contribution in [2.45, 2.75) is 38.5 Å². The van der Waals surface area contributed by atoms with Gasteiger partial charge in [-0.05, 0) is 71.9 Å². The molecule has 0 saturated carbocycles. The molecule has 150 valence electrons. The van der Waals surface area contributed by atoms with Gasteiger partial charge in [-0.25, -0.2) is 4.58 Å². The molecule has 0 radical (unpaired) electrons. The monoisotopic (exact) mass is 397 g/mol. The molecule has 0 unspecified atom stereocenters. The number of benzene rings is 2. The molecule has 0 fully saturated rings. The highest BCUT2D eigenvalue weighted by atomic mass is 16.3. The van der Waals surface area contributed by atoms with Gasteiger partial charge in [0.15, 0.2) is 0 Å². The van der Waals surface area contributed by atoms with Crippen LogP contribution in [0.4, 0.5) is 5.69 Å². The molecule has 2 aromatic carbocycles. The van der Waals surface area contributed by atoms with E-state index in [1.165, 1.54) is 46.1 Å². The molecule has 4 aliphatic heterocycles. The van der Waals surface area contributed by atoms with E-state index in [9.17, 15) is 9.90 Å². The highest BCUT2D eigenvalue weighted by molar-refractivity contribution is 6.51. The highest BCUT2D eigenvalue weighted by Gasteiger charge is 2.37. The Labute approximate surface area is 175 Å². The van der Waals surface area contributed by atoms with Crippen molar-refractivity contribution in [1.29, 1.82) is 0 Å². The van der Waals surface area contributed by atoms with Crippen molar-refractivity contribution in [3.8, 4) is 0 Å². The van der Waals surface area contributed by atoms with E-state index >= 15 is 0 Å². The fourth-order valence-corrected chi connectivity index (χ4v) is 6.42. The number of anilines is 1. The van der Waals surface area contributed by atoms with Crippen molar-refractivity contribution < 1.29 is 9.90 Å². The summed E-state index contributed by atoms with van der Waals surface area (Å²) in [5, 5.41) is 13.3. The molecule has 0 amide bonds. The number of allylic oxidation sites excluding steroid dienone is 2. The van der Waals surface area contributed by atoms with E-state index in [2.05, 4.69) is 33.7 Å². The van der Waals surface area contributed by atoms with E-state index in [1.54, 1.807) is 0 Å². The molecule has 0 spiro atoms. The molecule has 7 rings (SSSR count). The van der Waals surface area contributed by atoms with Crippen LogP contribution in [0.2, 0.25) is 0 Å². The summed E-state index contributed by atoms with van der Waals surface area (Å²) in [5.41, 5.74) is 8.70. The molecule has 4 nitrogen and oxygen atoms in total. The van der Waals surface area contributed by atoms with E-state index < -0.39 is 0 Å². The average Bonchev–Trinajstić information content (AvgIpc) is 3.35. The van der Waals surface area contributed by atoms with Gasteiger partial charge in [0.1, 0.15) is 18.8 Å². The zero-order chi connectivity index (χ0) is 20.0. The molecule has 30 heavy (non-hydrogen) atoms. The topological polar surface area (TPSA) is 43.6 Å². The van der Waals surface area contributed by atoms with E-state index in [0.717, 1.165) is 62.6 Å². The lowest BCUT2D eigenvalue weighted by Gasteiger charge is -2.29. The quantitative estimate of drug-likeness (QED) is 0.745. The van der Waals surface area contributed by atoms with Crippen LogP contribution in [-0.4, -0.2) is 37.1 Å². The lowest BCUT2D eigenvalue weighted by molar-refractivity contribution is -0.109. The molecule has 2 aromatic rings. The van der Waals surface area contributed by atoms with E-state index in [4.69, 9.17) is 0 Å². The van der Waals surface area contributed by atoms with Gasteiger partial charge in [-0.1, -0.05) is 0 Å². The Bertz CT molecular complexity index is 1330. The van der Waals surface area contributed by atoms with Crippen LogP contribution < -0.4 is 20.1 Å². The number of nitrogens with zero attached hydrogens (tertiary/aromatic N) is 2. The van der Waals surface area contributed by atoms with Crippen molar-refractivity contribution in [1.82, 2.24) is 4.58 Å². The minimum atomic E-state index is 0.00289. The zero-order valence-electron chi connectivity index (χ0n) is 17.1. The molecule has 0 saturated heterocycles. The lowest BCUT2D eigenvalue weighted by atomic mass is 9.80. The van der Waals surface area contributed by atoms with Gasteiger partial charge in [-0.2, -0.15) is 0 Å². The second-order valence-corrected chi connectivity index (χ2v) is 9.40. The maximum atomic E-state index is 13.3. The number of aliphatic hydroxyl groups is 1. The van der Waals surface area contributed by atoms with Crippen LogP contribution in [0, 0.1) is 0 Å². The molecule has 0 atom stereocenters. The van der Waals surface area contributed by atoms with Gasteiger partial charge in [0.25, 0.3) is 0 Å². The first-order valence-corrected chi connectivity index (χ1v) is 11.4. The Kier molecular flexibility index (Phi) is 3.28. The SMILES string of the molecule is O=C1C(c2cc3c4c(c2)CCN4CCC3)=C(O)/C1=c1\cc2c3c(c1)CC[N+]=3CCC2. The van der Waals surface area contributed by atoms with Crippen LogP contribution in [0.15, 0.2) is 30.0 Å². The lowest BCUT2D eigenvalue weighted by Crippen LogP contribution is -2.36. The third-order valence-electron chi connectivity index (χ3n) is 7.72. The molecule has 1 N–H and O–H groups in total. The third kappa shape index (κ3) is 2.12. The van der Waals surface area contributed by atoms with Crippen molar-refractivity contribution in [2.75, 3.05) is 31.1 Å². The summed E-state index contributed by atoms with van der Waals surface area (Å²) >= 11 is 0. The Balaban J connectivity index is 1.39. The minimum Gasteiger partial charge on any atom is -0.506 e.